The molecule has 0 radical (unpaired) electrons. The van der Waals surface area contributed by atoms with Crippen LogP contribution >= 0.6 is 0 Å². The van der Waals surface area contributed by atoms with E-state index in [0.29, 0.717) is 6.10 Å². The highest BCUT2D eigenvalue weighted by atomic mass is 16.5. The Morgan fingerprint density at radius 2 is 2.07 bits per heavy atom. The number of ether oxygens (including phenoxy) is 1. The Hall–Kier alpha value is -0.340. The van der Waals surface area contributed by atoms with Crippen molar-refractivity contribution in [3.63, 3.8) is 0 Å². The molecular formula is C12H23NO. The Morgan fingerprint density at radius 1 is 1.36 bits per heavy atom. The highest BCUT2D eigenvalue weighted by Crippen LogP contribution is 2.21. The minimum Gasteiger partial charge on any atom is -0.378 e. The van der Waals surface area contributed by atoms with E-state index >= 15 is 0 Å². The van der Waals surface area contributed by atoms with Gasteiger partial charge in [-0.25, -0.2) is 0 Å². The lowest BCUT2D eigenvalue weighted by Gasteiger charge is -2.28. The van der Waals surface area contributed by atoms with E-state index in [1.54, 1.807) is 0 Å². The quantitative estimate of drug-likeness (QED) is 0.522. The van der Waals surface area contributed by atoms with Crippen LogP contribution in [0, 0.1) is 0 Å². The van der Waals surface area contributed by atoms with Gasteiger partial charge in [0.25, 0.3) is 0 Å². The molecule has 1 fully saturated rings. The first-order valence-corrected chi connectivity index (χ1v) is 5.76. The van der Waals surface area contributed by atoms with Crippen molar-refractivity contribution in [2.24, 2.45) is 0 Å². The van der Waals surface area contributed by atoms with Gasteiger partial charge in [-0.3, -0.25) is 0 Å². The van der Waals surface area contributed by atoms with E-state index in [-0.39, 0.29) is 0 Å². The van der Waals surface area contributed by atoms with Crippen LogP contribution in [0.15, 0.2) is 12.7 Å². The third-order valence-corrected chi connectivity index (χ3v) is 2.99. The van der Waals surface area contributed by atoms with E-state index in [1.165, 1.54) is 25.7 Å². The van der Waals surface area contributed by atoms with E-state index < -0.39 is 0 Å². The van der Waals surface area contributed by atoms with Crippen LogP contribution in [0.1, 0.15) is 38.5 Å². The number of hydrogen-bond acceptors (Lipinski definition) is 2. The Bertz CT molecular complexity index is 150. The molecule has 1 aliphatic rings. The molecule has 0 aliphatic heterocycles. The number of rotatable bonds is 6. The van der Waals surface area contributed by atoms with Crippen LogP contribution in [0.3, 0.4) is 0 Å². The van der Waals surface area contributed by atoms with Gasteiger partial charge in [-0.15, -0.1) is 6.58 Å². The zero-order valence-electron chi connectivity index (χ0n) is 9.30. The summed E-state index contributed by atoms with van der Waals surface area (Å²) in [6.45, 7) is 4.61. The zero-order chi connectivity index (χ0) is 10.2. The molecule has 0 aromatic carbocycles. The Kier molecular flexibility index (Phi) is 5.88. The monoisotopic (exact) mass is 197 g/mol. The van der Waals surface area contributed by atoms with Gasteiger partial charge in [0.1, 0.15) is 0 Å². The van der Waals surface area contributed by atoms with Gasteiger partial charge in [0.05, 0.1) is 6.10 Å². The Balaban J connectivity index is 2.01. The van der Waals surface area contributed by atoms with Crippen molar-refractivity contribution in [3.8, 4) is 0 Å². The van der Waals surface area contributed by atoms with Crippen molar-refractivity contribution in [2.75, 3.05) is 13.7 Å². The fourth-order valence-corrected chi connectivity index (χ4v) is 2.00. The molecule has 0 unspecified atom stereocenters. The van der Waals surface area contributed by atoms with Gasteiger partial charge in [-0.1, -0.05) is 6.08 Å². The number of unbranched alkanes of at least 4 members (excludes halogenated alkanes) is 1. The minimum absolute atomic E-state index is 0.518. The van der Waals surface area contributed by atoms with Gasteiger partial charge >= 0.3 is 0 Å². The average molecular weight is 197 g/mol. The van der Waals surface area contributed by atoms with E-state index in [0.717, 1.165) is 25.5 Å². The first-order valence-electron chi connectivity index (χ1n) is 5.76. The molecular weight excluding hydrogens is 174 g/mol. The third kappa shape index (κ3) is 4.25. The van der Waals surface area contributed by atoms with Crippen molar-refractivity contribution in [1.82, 2.24) is 5.32 Å². The average Bonchev–Trinajstić information content (AvgIpc) is 2.25. The molecule has 0 aromatic rings. The molecule has 1 rings (SSSR count). The summed E-state index contributed by atoms with van der Waals surface area (Å²) < 4.78 is 5.80. The number of allylic oxidation sites excluding steroid dienone is 1. The topological polar surface area (TPSA) is 21.3 Å². The summed E-state index contributed by atoms with van der Waals surface area (Å²) in [4.78, 5) is 0. The summed E-state index contributed by atoms with van der Waals surface area (Å²) in [6.07, 6.45) is 9.65. The maximum Gasteiger partial charge on any atom is 0.0576 e. The van der Waals surface area contributed by atoms with Crippen LogP contribution in [0.5, 0.6) is 0 Å². The lowest BCUT2D eigenvalue weighted by atomic mass is 9.93. The minimum atomic E-state index is 0.518. The van der Waals surface area contributed by atoms with Crippen LogP contribution in [0.25, 0.3) is 0 Å². The predicted molar refractivity (Wildman–Crippen MR) is 60.5 cm³/mol. The third-order valence-electron chi connectivity index (χ3n) is 2.99. The fraction of sp³-hybridized carbons (Fsp3) is 0.833. The molecule has 2 nitrogen and oxygen atoms in total. The SMILES string of the molecule is C=CCCCOC1CCC(NC)CC1. The van der Waals surface area contributed by atoms with Crippen LogP contribution < -0.4 is 5.32 Å². The standard InChI is InChI=1S/C12H23NO/c1-3-4-5-10-14-12-8-6-11(13-2)7-9-12/h3,11-13H,1,4-10H2,2H3. The fourth-order valence-electron chi connectivity index (χ4n) is 2.00. The number of nitrogens with one attached hydrogen (secondary N) is 1. The van der Waals surface area contributed by atoms with E-state index in [2.05, 4.69) is 18.9 Å². The van der Waals surface area contributed by atoms with Crippen LogP contribution in [-0.4, -0.2) is 25.8 Å². The maximum atomic E-state index is 5.80. The lowest BCUT2D eigenvalue weighted by molar-refractivity contribution is 0.0222. The first kappa shape index (κ1) is 11.7. The van der Waals surface area contributed by atoms with Crippen molar-refractivity contribution >= 4 is 0 Å². The van der Waals surface area contributed by atoms with E-state index in [4.69, 9.17) is 4.74 Å². The molecule has 1 aliphatic carbocycles. The normalized spacial score (nSPS) is 27.5. The van der Waals surface area contributed by atoms with E-state index in [1.807, 2.05) is 6.08 Å². The molecule has 0 bridgehead atoms. The van der Waals surface area contributed by atoms with Gasteiger partial charge in [0.2, 0.25) is 0 Å². The molecule has 1 N–H and O–H groups in total. The van der Waals surface area contributed by atoms with Gasteiger partial charge in [-0.05, 0) is 45.6 Å². The molecule has 14 heavy (non-hydrogen) atoms. The van der Waals surface area contributed by atoms with Crippen LogP contribution in [0.2, 0.25) is 0 Å². The summed E-state index contributed by atoms with van der Waals surface area (Å²) in [5, 5.41) is 3.33. The molecule has 82 valence electrons. The van der Waals surface area contributed by atoms with Crippen molar-refractivity contribution < 1.29 is 4.74 Å². The van der Waals surface area contributed by atoms with Crippen LogP contribution in [0.4, 0.5) is 0 Å². The maximum absolute atomic E-state index is 5.80. The Labute approximate surface area is 87.7 Å². The smallest absolute Gasteiger partial charge is 0.0576 e. The van der Waals surface area contributed by atoms with Gasteiger partial charge in [0.15, 0.2) is 0 Å². The lowest BCUT2D eigenvalue weighted by Crippen LogP contribution is -2.33. The van der Waals surface area contributed by atoms with Crippen molar-refractivity contribution in [1.29, 1.82) is 0 Å². The molecule has 0 atom stereocenters. The predicted octanol–water partition coefficient (Wildman–Crippen LogP) is 2.50. The second-order valence-corrected chi connectivity index (χ2v) is 4.06. The molecule has 1 saturated carbocycles. The molecule has 0 spiro atoms. The Morgan fingerprint density at radius 3 is 2.64 bits per heavy atom. The molecule has 0 amide bonds. The number of hydrogen-bond donors (Lipinski definition) is 1. The van der Waals surface area contributed by atoms with Crippen molar-refractivity contribution in [3.05, 3.63) is 12.7 Å². The summed E-state index contributed by atoms with van der Waals surface area (Å²) in [5.41, 5.74) is 0. The van der Waals surface area contributed by atoms with Crippen LogP contribution in [-0.2, 0) is 4.74 Å². The highest BCUT2D eigenvalue weighted by Gasteiger charge is 2.19. The molecule has 2 heteroatoms. The van der Waals surface area contributed by atoms with Gasteiger partial charge < -0.3 is 10.1 Å². The summed E-state index contributed by atoms with van der Waals surface area (Å²) >= 11 is 0. The van der Waals surface area contributed by atoms with E-state index in [9.17, 15) is 0 Å². The second kappa shape index (κ2) is 7.02. The molecule has 0 saturated heterocycles. The zero-order valence-corrected chi connectivity index (χ0v) is 9.30. The summed E-state index contributed by atoms with van der Waals surface area (Å²) in [6, 6.07) is 0.725. The van der Waals surface area contributed by atoms with Crippen molar-refractivity contribution in [2.45, 2.75) is 50.7 Å². The van der Waals surface area contributed by atoms with Gasteiger partial charge in [-0.2, -0.15) is 0 Å². The van der Waals surface area contributed by atoms with Gasteiger partial charge in [0, 0.05) is 12.6 Å². The first-order chi connectivity index (χ1) is 6.86. The summed E-state index contributed by atoms with van der Waals surface area (Å²) in [5.74, 6) is 0. The highest BCUT2D eigenvalue weighted by molar-refractivity contribution is 4.76. The second-order valence-electron chi connectivity index (χ2n) is 4.06. The molecule has 0 heterocycles. The summed E-state index contributed by atoms with van der Waals surface area (Å²) in [7, 11) is 2.05. The molecule has 0 aromatic heterocycles. The largest absolute Gasteiger partial charge is 0.378 e.